The Morgan fingerprint density at radius 1 is 1.19 bits per heavy atom. The summed E-state index contributed by atoms with van der Waals surface area (Å²) in [6.07, 6.45) is 0.896. The molecule has 1 amide bonds. The van der Waals surface area contributed by atoms with Gasteiger partial charge in [-0.1, -0.05) is 29.8 Å². The first-order valence-electron chi connectivity index (χ1n) is 11.8. The minimum atomic E-state index is -3.88. The van der Waals surface area contributed by atoms with Gasteiger partial charge in [0.2, 0.25) is 15.9 Å². The van der Waals surface area contributed by atoms with Crippen molar-refractivity contribution in [2.75, 3.05) is 26.2 Å². The summed E-state index contributed by atoms with van der Waals surface area (Å²) < 4.78 is 33.1. The number of rotatable bonds is 10. The van der Waals surface area contributed by atoms with Crippen LogP contribution in [0, 0.1) is 6.92 Å². The highest BCUT2D eigenvalue weighted by atomic mass is 32.2. The molecule has 36 heavy (non-hydrogen) atoms. The van der Waals surface area contributed by atoms with Crippen LogP contribution in [0.15, 0.2) is 58.4 Å². The van der Waals surface area contributed by atoms with Gasteiger partial charge in [-0.3, -0.25) is 9.79 Å². The van der Waals surface area contributed by atoms with Gasteiger partial charge in [0.15, 0.2) is 0 Å². The smallest absolute Gasteiger partial charge is 0.326 e. The maximum Gasteiger partial charge on any atom is 0.326 e. The zero-order chi connectivity index (χ0) is 25.7. The van der Waals surface area contributed by atoms with Crippen LogP contribution in [-0.2, 0) is 26.0 Å². The number of nitrogens with one attached hydrogen (secondary N) is 2. The predicted octanol–water partition coefficient (Wildman–Crippen LogP) is 1.34. The largest absolute Gasteiger partial charge is 0.486 e. The van der Waals surface area contributed by atoms with Crippen LogP contribution in [0.3, 0.4) is 0 Å². The van der Waals surface area contributed by atoms with Crippen LogP contribution in [-0.4, -0.2) is 73.9 Å². The number of hydrogen-bond donors (Lipinski definition) is 3. The molecule has 0 unspecified atom stereocenters. The van der Waals surface area contributed by atoms with E-state index in [2.05, 4.69) is 15.6 Å². The van der Waals surface area contributed by atoms with Crippen LogP contribution in [0.4, 0.5) is 0 Å². The second kappa shape index (κ2) is 11.1. The Hall–Kier alpha value is -3.44. The van der Waals surface area contributed by atoms with Gasteiger partial charge in [-0.15, -0.1) is 0 Å². The first-order valence-corrected chi connectivity index (χ1v) is 13.3. The van der Waals surface area contributed by atoms with E-state index in [9.17, 15) is 23.1 Å². The van der Waals surface area contributed by atoms with Gasteiger partial charge in [0, 0.05) is 19.5 Å². The molecule has 2 aliphatic rings. The van der Waals surface area contributed by atoms with Crippen LogP contribution >= 0.6 is 0 Å². The lowest BCUT2D eigenvalue weighted by Gasteiger charge is -2.25. The number of amides is 1. The number of aryl methyl sites for hydroxylation is 1. The average molecular weight is 515 g/mol. The van der Waals surface area contributed by atoms with Gasteiger partial charge >= 0.3 is 5.97 Å². The summed E-state index contributed by atoms with van der Waals surface area (Å²) >= 11 is 0. The van der Waals surface area contributed by atoms with Gasteiger partial charge in [0.05, 0.1) is 11.4 Å². The predicted molar refractivity (Wildman–Crippen MR) is 134 cm³/mol. The van der Waals surface area contributed by atoms with Crippen molar-refractivity contribution in [2.24, 2.45) is 4.99 Å². The monoisotopic (exact) mass is 514 g/mol. The van der Waals surface area contributed by atoms with Gasteiger partial charge in [-0.2, -0.15) is 4.31 Å². The highest BCUT2D eigenvalue weighted by Gasteiger charge is 2.40. The van der Waals surface area contributed by atoms with Crippen molar-refractivity contribution in [3.8, 4) is 5.75 Å². The van der Waals surface area contributed by atoms with Crippen molar-refractivity contribution in [3.05, 3.63) is 59.7 Å². The van der Waals surface area contributed by atoms with Crippen molar-refractivity contribution in [3.63, 3.8) is 0 Å². The molecular formula is C25H30N4O6S. The lowest BCUT2D eigenvalue weighted by atomic mass is 10.1. The molecule has 4 rings (SSSR count). The molecule has 1 fully saturated rings. The lowest BCUT2D eigenvalue weighted by Crippen LogP contribution is -2.51. The Bertz CT molecular complexity index is 1230. The van der Waals surface area contributed by atoms with Gasteiger partial charge < -0.3 is 20.5 Å². The molecular weight excluding hydrogens is 484 g/mol. The van der Waals surface area contributed by atoms with E-state index in [1.807, 2.05) is 6.92 Å². The Morgan fingerprint density at radius 2 is 1.92 bits per heavy atom. The highest BCUT2D eigenvalue weighted by molar-refractivity contribution is 7.89. The van der Waals surface area contributed by atoms with Crippen LogP contribution in [0.1, 0.15) is 24.0 Å². The van der Waals surface area contributed by atoms with Gasteiger partial charge in [0.25, 0.3) is 0 Å². The molecule has 10 nitrogen and oxygen atoms in total. The van der Waals surface area contributed by atoms with Crippen LogP contribution < -0.4 is 15.4 Å². The molecule has 2 aromatic carbocycles. The van der Waals surface area contributed by atoms with Gasteiger partial charge in [0.1, 0.15) is 30.3 Å². The van der Waals surface area contributed by atoms with E-state index >= 15 is 0 Å². The molecule has 2 aromatic rings. The molecule has 2 atom stereocenters. The van der Waals surface area contributed by atoms with E-state index in [-0.39, 0.29) is 17.9 Å². The standard InChI is InChI=1S/C25H30N4O6S/c1-17-4-10-20(11-5-17)36(33,34)29-14-2-3-22(29)24(30)28-21(25(31)32)15-18-6-8-19(9-7-18)35-16-23-26-12-13-27-23/h4-11,21-22H,2-3,12-16H2,1H3,(H,26,27)(H,28,30)(H,31,32)/t21-,22-/m0/s1. The third-order valence-corrected chi connectivity index (χ3v) is 8.15. The summed E-state index contributed by atoms with van der Waals surface area (Å²) in [6, 6.07) is 11.2. The van der Waals surface area contributed by atoms with Crippen molar-refractivity contribution >= 4 is 27.7 Å². The molecule has 0 aromatic heterocycles. The summed E-state index contributed by atoms with van der Waals surface area (Å²) in [5.74, 6) is -0.396. The maximum absolute atomic E-state index is 13.1. The fraction of sp³-hybridized carbons (Fsp3) is 0.400. The summed E-state index contributed by atoms with van der Waals surface area (Å²) in [7, 11) is -3.88. The SMILES string of the molecule is Cc1ccc(S(=O)(=O)N2CCC[C@H]2C(=O)N[C@@H](Cc2ccc(OCC3=NCCN3)cc2)C(=O)O)cc1. The van der Waals surface area contributed by atoms with Crippen LogP contribution in [0.5, 0.6) is 5.75 Å². The molecule has 0 aliphatic carbocycles. The van der Waals surface area contributed by atoms with E-state index in [0.29, 0.717) is 30.8 Å². The number of hydrogen-bond acceptors (Lipinski definition) is 7. The van der Waals surface area contributed by atoms with E-state index in [0.717, 1.165) is 24.5 Å². The number of carboxylic acid groups (broad SMARTS) is 1. The minimum absolute atomic E-state index is 0.0487. The Morgan fingerprint density at radius 3 is 2.56 bits per heavy atom. The Kier molecular flexibility index (Phi) is 7.90. The second-order valence-electron chi connectivity index (χ2n) is 8.88. The maximum atomic E-state index is 13.1. The number of ether oxygens (including phenoxy) is 1. The van der Waals surface area contributed by atoms with Crippen molar-refractivity contribution in [1.82, 2.24) is 14.9 Å². The molecule has 1 saturated heterocycles. The molecule has 11 heteroatoms. The number of carboxylic acids is 1. The van der Waals surface area contributed by atoms with Crippen molar-refractivity contribution in [2.45, 2.75) is 43.2 Å². The summed E-state index contributed by atoms with van der Waals surface area (Å²) in [4.78, 5) is 29.3. The lowest BCUT2D eigenvalue weighted by molar-refractivity contribution is -0.142. The first-order chi connectivity index (χ1) is 17.2. The molecule has 0 spiro atoms. The van der Waals surface area contributed by atoms with Gasteiger partial charge in [-0.25, -0.2) is 13.2 Å². The fourth-order valence-corrected chi connectivity index (χ4v) is 5.91. The van der Waals surface area contributed by atoms with E-state index in [4.69, 9.17) is 4.74 Å². The molecule has 0 bridgehead atoms. The van der Waals surface area contributed by atoms with E-state index < -0.39 is 34.0 Å². The topological polar surface area (TPSA) is 137 Å². The normalized spacial score (nSPS) is 18.8. The van der Waals surface area contributed by atoms with E-state index in [1.54, 1.807) is 36.4 Å². The zero-order valence-corrected chi connectivity index (χ0v) is 20.8. The molecule has 3 N–H and O–H groups in total. The van der Waals surface area contributed by atoms with Crippen LogP contribution in [0.2, 0.25) is 0 Å². The summed E-state index contributed by atoms with van der Waals surface area (Å²) in [5, 5.41) is 15.4. The number of carbonyl (C=O) groups is 2. The second-order valence-corrected chi connectivity index (χ2v) is 10.8. The molecule has 2 aliphatic heterocycles. The van der Waals surface area contributed by atoms with Crippen molar-refractivity contribution < 1.29 is 27.9 Å². The number of nitrogens with zero attached hydrogens (tertiary/aromatic N) is 2. The third-order valence-electron chi connectivity index (χ3n) is 6.23. The van der Waals surface area contributed by atoms with Gasteiger partial charge in [-0.05, 0) is 49.6 Å². The summed E-state index contributed by atoms with van der Waals surface area (Å²) in [6.45, 7) is 3.93. The fourth-order valence-electron chi connectivity index (χ4n) is 4.26. The van der Waals surface area contributed by atoms with Crippen molar-refractivity contribution in [1.29, 1.82) is 0 Å². The minimum Gasteiger partial charge on any atom is -0.486 e. The Labute approximate surface area is 210 Å². The molecule has 0 radical (unpaired) electrons. The number of carbonyl (C=O) groups excluding carboxylic acids is 1. The quantitative estimate of drug-likeness (QED) is 0.435. The number of aliphatic carboxylic acids is 1. The zero-order valence-electron chi connectivity index (χ0n) is 20.0. The van der Waals surface area contributed by atoms with E-state index in [1.165, 1.54) is 16.4 Å². The molecule has 2 heterocycles. The highest BCUT2D eigenvalue weighted by Crippen LogP contribution is 2.26. The number of aliphatic imine (C=N–C) groups is 1. The first kappa shape index (κ1) is 25.6. The summed E-state index contributed by atoms with van der Waals surface area (Å²) in [5.41, 5.74) is 1.62. The van der Waals surface area contributed by atoms with Crippen LogP contribution in [0.25, 0.3) is 0 Å². The Balaban J connectivity index is 1.39. The number of sulfonamides is 1. The third kappa shape index (κ3) is 6.03. The molecule has 0 saturated carbocycles. The average Bonchev–Trinajstić information content (AvgIpc) is 3.56. The molecule has 192 valence electrons. The number of benzene rings is 2. The number of amidine groups is 1.